The summed E-state index contributed by atoms with van der Waals surface area (Å²) in [6.45, 7) is 30.0. The molecule has 388 valence electrons. The number of ether oxygens (including phenoxy) is 3. The van der Waals surface area contributed by atoms with Crippen LogP contribution in [0.15, 0.2) is 120 Å². The van der Waals surface area contributed by atoms with Crippen LogP contribution in [0.3, 0.4) is 0 Å². The lowest BCUT2D eigenvalue weighted by molar-refractivity contribution is 0.267. The van der Waals surface area contributed by atoms with Crippen LogP contribution in [-0.4, -0.2) is 39.7 Å². The molecule has 9 heteroatoms. The molecule has 6 aromatic carbocycles. The average molecular weight is 1040 g/mol. The second kappa shape index (κ2) is 19.2. The number of benzene rings is 6. The van der Waals surface area contributed by atoms with Gasteiger partial charge in [-0.25, -0.2) is 0 Å². The van der Waals surface area contributed by atoms with Gasteiger partial charge in [-0.2, -0.15) is 0 Å². The van der Waals surface area contributed by atoms with Crippen molar-refractivity contribution in [2.45, 2.75) is 125 Å². The largest absolute Gasteiger partial charge is 0.504 e. The highest BCUT2D eigenvalue weighted by Gasteiger charge is 2.27. The lowest BCUT2D eigenvalue weighted by Gasteiger charge is -2.19. The summed E-state index contributed by atoms with van der Waals surface area (Å²) in [5.74, 6) is 2.50. The van der Waals surface area contributed by atoms with Gasteiger partial charge in [0.15, 0.2) is 11.5 Å². The first-order valence-electron chi connectivity index (χ1n) is 26.3. The second-order valence-corrected chi connectivity index (χ2v) is 26.2. The summed E-state index contributed by atoms with van der Waals surface area (Å²) < 4.78 is 23.2. The molecular weight excluding hydrogens is 965 g/mol. The van der Waals surface area contributed by atoms with Gasteiger partial charge in [0.2, 0.25) is 0 Å². The van der Waals surface area contributed by atoms with E-state index >= 15 is 0 Å². The normalized spacial score (nSPS) is 12.7. The van der Waals surface area contributed by atoms with E-state index in [4.69, 9.17) is 14.2 Å². The number of hydrogen-bond acceptors (Lipinski definition) is 7. The highest BCUT2D eigenvalue weighted by molar-refractivity contribution is 7.14. The van der Waals surface area contributed by atoms with Crippen molar-refractivity contribution in [3.8, 4) is 61.0 Å². The van der Waals surface area contributed by atoms with Gasteiger partial charge in [-0.3, -0.25) is 9.13 Å². The number of aryl methyl sites for hydroxylation is 1. The lowest BCUT2D eigenvalue weighted by atomic mass is 9.85. The fourth-order valence-corrected chi connectivity index (χ4v) is 12.2. The molecule has 0 aliphatic heterocycles. The topological polar surface area (TPSA) is 78.0 Å². The van der Waals surface area contributed by atoms with Crippen LogP contribution in [0.2, 0.25) is 0 Å². The van der Waals surface area contributed by atoms with Gasteiger partial charge in [-0.05, 0) is 143 Å². The fraction of sp³-hybridized carbons (Fsp3) is 0.333. The van der Waals surface area contributed by atoms with Crippen LogP contribution in [0.1, 0.15) is 124 Å². The molecule has 7 nitrogen and oxygen atoms in total. The Hall–Kier alpha value is -6.68. The van der Waals surface area contributed by atoms with Gasteiger partial charge in [0.05, 0.1) is 42.4 Å². The van der Waals surface area contributed by atoms with E-state index < -0.39 is 0 Å². The third-order valence-corrected chi connectivity index (χ3v) is 16.8. The minimum atomic E-state index is -0.0189. The van der Waals surface area contributed by atoms with Crippen molar-refractivity contribution in [2.75, 3.05) is 20.3 Å². The Morgan fingerprint density at radius 1 is 0.427 bits per heavy atom. The van der Waals surface area contributed by atoms with Gasteiger partial charge >= 0.3 is 0 Å². The van der Waals surface area contributed by atoms with E-state index in [2.05, 4.69) is 189 Å². The second-order valence-electron chi connectivity index (χ2n) is 24.5. The lowest BCUT2D eigenvalue weighted by Crippen LogP contribution is -2.10. The van der Waals surface area contributed by atoms with Crippen molar-refractivity contribution in [1.29, 1.82) is 0 Å². The fourth-order valence-electron chi connectivity index (χ4n) is 10.3. The predicted octanol–water partition coefficient (Wildman–Crippen LogP) is 18.5. The molecule has 0 amide bonds. The average Bonchev–Trinajstić information content (AvgIpc) is 4.13. The number of unbranched alkanes of at least 4 members (excludes halogenated alkanes) is 1. The number of aromatic hydroxyl groups is 2. The summed E-state index contributed by atoms with van der Waals surface area (Å²) in [6, 6.07) is 39.0. The Kier molecular flexibility index (Phi) is 13.2. The molecule has 0 saturated heterocycles. The van der Waals surface area contributed by atoms with Crippen molar-refractivity contribution in [2.24, 2.45) is 0 Å². The van der Waals surface area contributed by atoms with Crippen molar-refractivity contribution >= 4 is 66.3 Å². The number of thiophene rings is 2. The molecule has 0 unspecified atom stereocenters. The van der Waals surface area contributed by atoms with Crippen LogP contribution in [0.4, 0.5) is 0 Å². The molecule has 75 heavy (non-hydrogen) atoms. The maximum Gasteiger partial charge on any atom is 0.158 e. The molecular formula is C66H72N2O5S2. The molecule has 4 aromatic heterocycles. The van der Waals surface area contributed by atoms with E-state index in [9.17, 15) is 10.2 Å². The van der Waals surface area contributed by atoms with Crippen molar-refractivity contribution in [1.82, 2.24) is 9.13 Å². The number of nitrogens with zero attached hydrogens (tertiary/aromatic N) is 2. The molecule has 10 rings (SSSR count). The van der Waals surface area contributed by atoms with E-state index in [1.807, 2.05) is 29.6 Å². The summed E-state index contributed by atoms with van der Waals surface area (Å²) in [5, 5.41) is 34.8. The molecule has 0 aliphatic rings. The molecule has 0 saturated carbocycles. The Balaban J connectivity index is 0.884. The molecule has 0 radical (unpaired) electrons. The van der Waals surface area contributed by atoms with E-state index in [1.165, 1.54) is 55.1 Å². The number of aromatic nitrogens is 2. The van der Waals surface area contributed by atoms with E-state index in [1.54, 1.807) is 18.4 Å². The zero-order chi connectivity index (χ0) is 53.5. The van der Waals surface area contributed by atoms with Gasteiger partial charge < -0.3 is 24.4 Å². The summed E-state index contributed by atoms with van der Waals surface area (Å²) in [4.78, 5) is 0. The molecule has 0 spiro atoms. The summed E-state index contributed by atoms with van der Waals surface area (Å²) >= 11 is 3.07. The SMILES string of the molecule is COc1ccc(OCCCCOc2ccc(C)cc2-c2csc(-n3c4ccc(C(C)(C)C)cc4c4cc(C(C)(C)C)ccc43)c2O)c(-c2csc(-n3c4ccc(C(C)(C)C)cc4c4cc(C(C)(C)C)ccc43)c2O)c1. The van der Waals surface area contributed by atoms with Gasteiger partial charge in [-0.1, -0.05) is 119 Å². The maximum atomic E-state index is 12.3. The van der Waals surface area contributed by atoms with Crippen molar-refractivity contribution in [3.05, 3.63) is 148 Å². The molecule has 2 N–H and O–H groups in total. The number of rotatable bonds is 12. The van der Waals surface area contributed by atoms with E-state index in [0.717, 1.165) is 72.9 Å². The number of fused-ring (bicyclic) bond motifs is 6. The Bertz CT molecular complexity index is 3650. The highest BCUT2D eigenvalue weighted by Crippen LogP contribution is 2.50. The molecule has 4 heterocycles. The molecule has 0 aliphatic carbocycles. The zero-order valence-corrected chi connectivity index (χ0v) is 47.8. The Morgan fingerprint density at radius 3 is 1.12 bits per heavy atom. The minimum absolute atomic E-state index is 0.0107. The van der Waals surface area contributed by atoms with Gasteiger partial charge in [0, 0.05) is 54.6 Å². The first kappa shape index (κ1) is 51.8. The predicted molar refractivity (Wildman–Crippen MR) is 318 cm³/mol. The van der Waals surface area contributed by atoms with E-state index in [0.29, 0.717) is 30.3 Å². The quantitative estimate of drug-likeness (QED) is 0.119. The van der Waals surface area contributed by atoms with Crippen LogP contribution in [-0.2, 0) is 21.7 Å². The van der Waals surface area contributed by atoms with E-state index in [-0.39, 0.29) is 33.2 Å². The first-order valence-corrected chi connectivity index (χ1v) is 28.0. The Labute approximate surface area is 451 Å². The smallest absolute Gasteiger partial charge is 0.158 e. The van der Waals surface area contributed by atoms with Crippen LogP contribution < -0.4 is 14.2 Å². The third-order valence-electron chi connectivity index (χ3n) is 14.8. The van der Waals surface area contributed by atoms with Crippen LogP contribution in [0.5, 0.6) is 28.7 Å². The maximum absolute atomic E-state index is 12.3. The van der Waals surface area contributed by atoms with Crippen molar-refractivity contribution < 1.29 is 24.4 Å². The monoisotopic (exact) mass is 1040 g/mol. The molecule has 0 atom stereocenters. The Morgan fingerprint density at radius 2 is 0.773 bits per heavy atom. The van der Waals surface area contributed by atoms with Crippen LogP contribution in [0, 0.1) is 6.92 Å². The number of methoxy groups -OCH3 is 1. The van der Waals surface area contributed by atoms with Gasteiger partial charge in [0.1, 0.15) is 27.3 Å². The van der Waals surface area contributed by atoms with Crippen LogP contribution in [0.25, 0.3) is 75.9 Å². The standard InChI is InChI=1S/C66H72N2O5S2/c1-39-17-27-57(49(31-39)51-37-74-61(59(51)69)67-53-23-18-40(63(2,3)4)32-45(53)46-33-41(64(5,6)7)19-24-54(46)67)72-29-15-16-30-73-58-28-22-44(71-14)36-50(58)52-38-75-62(60(52)70)68-55-25-20-42(65(8,9)10)34-47(55)48-35-43(66(11,12)13)21-26-56(48)68/h17-28,31-38,69-70H,15-16,29-30H2,1-14H3. The highest BCUT2D eigenvalue weighted by atomic mass is 32.1. The third kappa shape index (κ3) is 9.67. The molecule has 10 aromatic rings. The minimum Gasteiger partial charge on any atom is -0.504 e. The van der Waals surface area contributed by atoms with Crippen LogP contribution >= 0.6 is 22.7 Å². The first-order chi connectivity index (χ1) is 35.4. The summed E-state index contributed by atoms with van der Waals surface area (Å²) in [7, 11) is 1.66. The molecule has 0 bridgehead atoms. The summed E-state index contributed by atoms with van der Waals surface area (Å²) in [6.07, 6.45) is 1.47. The van der Waals surface area contributed by atoms with Gasteiger partial charge in [0.25, 0.3) is 0 Å². The number of hydrogen-bond donors (Lipinski definition) is 2. The summed E-state index contributed by atoms with van der Waals surface area (Å²) in [5.41, 5.74) is 13.4. The van der Waals surface area contributed by atoms with Gasteiger partial charge in [-0.15, -0.1) is 22.7 Å². The zero-order valence-electron chi connectivity index (χ0n) is 46.2. The molecule has 0 fully saturated rings. The van der Waals surface area contributed by atoms with Crippen molar-refractivity contribution in [3.63, 3.8) is 0 Å².